The summed E-state index contributed by atoms with van der Waals surface area (Å²) in [6, 6.07) is 0. The second kappa shape index (κ2) is 71.1. The summed E-state index contributed by atoms with van der Waals surface area (Å²) in [5.74, 6) is -1.14. The van der Waals surface area contributed by atoms with Crippen LogP contribution in [0.25, 0.3) is 0 Å². The minimum atomic E-state index is -0.836. The predicted molar refractivity (Wildman–Crippen MR) is 367 cm³/mol. The average molecular weight is 1250 g/mol. The Kier molecular flexibility index (Phi) is 70.1. The summed E-state index contributed by atoms with van der Waals surface area (Å²) in [5, 5.41) is 40.2. The van der Waals surface area contributed by atoms with Crippen LogP contribution in [0.1, 0.15) is 362 Å². The zero-order chi connectivity index (χ0) is 64.9. The number of carbonyl (C=O) groups is 4. The van der Waals surface area contributed by atoms with Crippen LogP contribution in [0.15, 0.2) is 48.6 Å². The lowest BCUT2D eigenvalue weighted by Gasteiger charge is -2.18. The molecule has 4 N–H and O–H groups in total. The first-order chi connectivity index (χ1) is 42.9. The van der Waals surface area contributed by atoms with Gasteiger partial charge in [0, 0.05) is 25.7 Å². The van der Waals surface area contributed by atoms with Crippen LogP contribution in [0.2, 0.25) is 0 Å². The fourth-order valence-corrected chi connectivity index (χ4v) is 10.4. The summed E-state index contributed by atoms with van der Waals surface area (Å²) in [7, 11) is 1.44. The quantitative estimate of drug-likeness (QED) is 0.0196. The van der Waals surface area contributed by atoms with Gasteiger partial charge in [0.05, 0.1) is 31.5 Å². The molecule has 0 aliphatic rings. The van der Waals surface area contributed by atoms with Gasteiger partial charge in [0.25, 0.3) is 0 Å². The van der Waals surface area contributed by atoms with E-state index in [1.807, 2.05) is 0 Å². The van der Waals surface area contributed by atoms with Crippen LogP contribution in [0, 0.1) is 0 Å². The van der Waals surface area contributed by atoms with Crippen LogP contribution in [0.4, 0.5) is 0 Å². The maximum absolute atomic E-state index is 12.8. The van der Waals surface area contributed by atoms with Gasteiger partial charge in [-0.3, -0.25) is 19.2 Å². The fourth-order valence-electron chi connectivity index (χ4n) is 10.4. The van der Waals surface area contributed by atoms with Gasteiger partial charge in [-0.1, -0.05) is 256 Å². The summed E-state index contributed by atoms with van der Waals surface area (Å²) in [5.41, 5.74) is 0. The summed E-state index contributed by atoms with van der Waals surface area (Å²) in [6.45, 7) is 8.54. The minimum absolute atomic E-state index is 0.101. The van der Waals surface area contributed by atoms with E-state index in [1.54, 1.807) is 0 Å². The normalized spacial score (nSPS) is 13.2. The number of ether oxygens (including phenoxy) is 4. The van der Waals surface area contributed by atoms with Crippen molar-refractivity contribution >= 4 is 23.9 Å². The van der Waals surface area contributed by atoms with Crippen LogP contribution in [-0.2, 0) is 38.1 Å². The molecule has 0 heterocycles. The number of esters is 4. The van der Waals surface area contributed by atoms with Crippen LogP contribution in [0.5, 0.6) is 0 Å². The van der Waals surface area contributed by atoms with Crippen LogP contribution in [-0.4, -0.2) is 95.1 Å². The van der Waals surface area contributed by atoms with E-state index in [-0.39, 0.29) is 67.9 Å². The van der Waals surface area contributed by atoms with Crippen molar-refractivity contribution in [2.75, 3.05) is 20.3 Å². The Balaban J connectivity index is 0. The predicted octanol–water partition coefficient (Wildman–Crippen LogP) is 20.2. The number of methoxy groups -OCH3 is 1. The van der Waals surface area contributed by atoms with E-state index in [9.17, 15) is 39.6 Å². The molecule has 516 valence electrons. The molecule has 0 aliphatic heterocycles. The SMILES string of the molecule is CCCCCC[C@@H](O)C/C=C\CCCCCCCC(=O)OC.CCCCCC[C@@H](O)C/C=C\CCCCCCCC(=O)OCC(COC(=O)CCCCCCC/C=C\C[C@H](O)CCCCCC)OC(=O)CCCCCCC/C=C\C[C@H](O)CCCCCC. The van der Waals surface area contributed by atoms with Gasteiger partial charge in [-0.25, -0.2) is 0 Å². The van der Waals surface area contributed by atoms with E-state index in [2.05, 4.69) is 81.0 Å². The highest BCUT2D eigenvalue weighted by Crippen LogP contribution is 2.17. The third-order valence-electron chi connectivity index (χ3n) is 16.3. The van der Waals surface area contributed by atoms with Crippen molar-refractivity contribution in [2.24, 2.45) is 0 Å². The first kappa shape index (κ1) is 86.7. The topological polar surface area (TPSA) is 186 Å². The molecule has 0 amide bonds. The van der Waals surface area contributed by atoms with Crippen LogP contribution >= 0.6 is 0 Å². The second-order valence-corrected chi connectivity index (χ2v) is 25.1. The van der Waals surface area contributed by atoms with Crippen molar-refractivity contribution in [1.82, 2.24) is 0 Å². The van der Waals surface area contributed by atoms with Crippen molar-refractivity contribution in [1.29, 1.82) is 0 Å². The van der Waals surface area contributed by atoms with E-state index < -0.39 is 6.10 Å². The monoisotopic (exact) mass is 1250 g/mol. The fraction of sp³-hybridized carbons (Fsp3) is 0.842. The summed E-state index contributed by atoms with van der Waals surface area (Å²) < 4.78 is 21.3. The lowest BCUT2D eigenvalue weighted by atomic mass is 10.1. The molecular formula is C76H140O12. The molecule has 4 atom stereocenters. The zero-order valence-electron chi connectivity index (χ0n) is 57.7. The van der Waals surface area contributed by atoms with Crippen molar-refractivity contribution < 1.29 is 58.6 Å². The van der Waals surface area contributed by atoms with E-state index >= 15 is 0 Å². The molecule has 0 aromatic rings. The molecular weight excluding hydrogens is 1100 g/mol. The van der Waals surface area contributed by atoms with Gasteiger partial charge in [0.1, 0.15) is 13.2 Å². The molecule has 0 saturated heterocycles. The highest BCUT2D eigenvalue weighted by molar-refractivity contribution is 5.71. The Bertz CT molecular complexity index is 1570. The van der Waals surface area contributed by atoms with Crippen molar-refractivity contribution in [3.63, 3.8) is 0 Å². The van der Waals surface area contributed by atoms with E-state index in [0.717, 1.165) is 205 Å². The maximum Gasteiger partial charge on any atom is 0.306 e. The number of hydrogen-bond acceptors (Lipinski definition) is 12. The average Bonchev–Trinajstić information content (AvgIpc) is 3.52. The largest absolute Gasteiger partial charge is 0.469 e. The van der Waals surface area contributed by atoms with Gasteiger partial charge in [-0.2, -0.15) is 0 Å². The molecule has 0 aliphatic carbocycles. The van der Waals surface area contributed by atoms with Gasteiger partial charge in [0.2, 0.25) is 0 Å². The molecule has 0 fully saturated rings. The number of aliphatic hydroxyl groups is 4. The number of allylic oxidation sites excluding steroid dienone is 4. The van der Waals surface area contributed by atoms with Crippen molar-refractivity contribution in [3.8, 4) is 0 Å². The molecule has 12 heteroatoms. The van der Waals surface area contributed by atoms with E-state index in [0.29, 0.717) is 25.7 Å². The van der Waals surface area contributed by atoms with Gasteiger partial charge < -0.3 is 39.4 Å². The van der Waals surface area contributed by atoms with Gasteiger partial charge in [-0.05, 0) is 128 Å². The first-order valence-corrected chi connectivity index (χ1v) is 36.8. The van der Waals surface area contributed by atoms with Crippen LogP contribution in [0.3, 0.4) is 0 Å². The Morgan fingerprint density at radius 3 is 0.807 bits per heavy atom. The first-order valence-electron chi connectivity index (χ1n) is 36.8. The summed E-state index contributed by atoms with van der Waals surface area (Å²) in [4.78, 5) is 49.0. The molecule has 0 unspecified atom stereocenters. The lowest BCUT2D eigenvalue weighted by molar-refractivity contribution is -0.167. The Hall–Kier alpha value is -3.32. The highest BCUT2D eigenvalue weighted by atomic mass is 16.6. The molecule has 0 aromatic heterocycles. The highest BCUT2D eigenvalue weighted by Gasteiger charge is 2.20. The molecule has 0 saturated carbocycles. The Labute approximate surface area is 541 Å². The van der Waals surface area contributed by atoms with Crippen molar-refractivity contribution in [3.05, 3.63) is 48.6 Å². The lowest BCUT2D eigenvalue weighted by Crippen LogP contribution is -2.30. The molecule has 0 aromatic carbocycles. The molecule has 0 rings (SSSR count). The van der Waals surface area contributed by atoms with E-state index in [4.69, 9.17) is 14.2 Å². The van der Waals surface area contributed by atoms with Gasteiger partial charge >= 0.3 is 23.9 Å². The zero-order valence-corrected chi connectivity index (χ0v) is 57.7. The van der Waals surface area contributed by atoms with Crippen LogP contribution < -0.4 is 0 Å². The molecule has 12 nitrogen and oxygen atoms in total. The minimum Gasteiger partial charge on any atom is -0.469 e. The summed E-state index contributed by atoms with van der Waals surface area (Å²) in [6.07, 6.45) is 67.0. The van der Waals surface area contributed by atoms with Crippen molar-refractivity contribution in [2.45, 2.75) is 392 Å². The smallest absolute Gasteiger partial charge is 0.306 e. The molecule has 0 bridgehead atoms. The number of rotatable bonds is 65. The third-order valence-corrected chi connectivity index (χ3v) is 16.3. The number of carbonyl (C=O) groups excluding carboxylic acids is 4. The number of unbranched alkanes of at least 4 members (excludes halogenated alkanes) is 32. The standard InChI is InChI=1S/C57H104O9.C19H36O3/c1-4-7-10-31-40-51(58)43-34-25-19-13-16-22-28-37-46-55(61)64-49-54(66-57(63)48-39-30-24-18-15-21-27-36-45-53(60)42-33-12-9-6-3)50-65-56(62)47-38-29-23-17-14-20-26-35-44-52(59)41-32-11-8-5-2;1-3-4-5-12-15-18(20)16-13-10-8-6-7-9-11-14-17-19(21)22-2/h25-27,34-36,51-54,58-60H,4-24,28-33,37-50H2,1-3H3;10,13,18,20H,3-9,11-12,14-17H2,1-2H3/b34-25-,35-26-,36-27-;13-10-/t51-,52-,53-;18-/m11/s1. The summed E-state index contributed by atoms with van der Waals surface area (Å²) >= 11 is 0. The van der Waals surface area contributed by atoms with Gasteiger partial charge in [0.15, 0.2) is 6.10 Å². The van der Waals surface area contributed by atoms with E-state index in [1.165, 1.54) is 103 Å². The number of aliphatic hydroxyl groups excluding tert-OH is 4. The second-order valence-electron chi connectivity index (χ2n) is 25.1. The Morgan fingerprint density at radius 2 is 0.534 bits per heavy atom. The van der Waals surface area contributed by atoms with Gasteiger partial charge in [-0.15, -0.1) is 0 Å². The molecule has 0 radical (unpaired) electrons. The number of hydrogen-bond donors (Lipinski definition) is 4. The maximum atomic E-state index is 12.8. The molecule has 0 spiro atoms. The third kappa shape index (κ3) is 70.1. The molecule has 88 heavy (non-hydrogen) atoms. The Morgan fingerprint density at radius 1 is 0.295 bits per heavy atom.